The molecular formula is C11H18N2O4. The fraction of sp³-hybridized carbons (Fsp3) is 0.818. The normalized spacial score (nSPS) is 25.8. The lowest BCUT2D eigenvalue weighted by molar-refractivity contribution is -0.154. The van der Waals surface area contributed by atoms with Crippen molar-refractivity contribution >= 4 is 12.0 Å². The number of carbonyl (C=O) groups excluding carboxylic acids is 1. The van der Waals surface area contributed by atoms with Crippen LogP contribution >= 0.6 is 0 Å². The summed E-state index contributed by atoms with van der Waals surface area (Å²) in [6.45, 7) is 2.52. The summed E-state index contributed by atoms with van der Waals surface area (Å²) in [4.78, 5) is 26.4. The molecule has 2 saturated heterocycles. The third-order valence-corrected chi connectivity index (χ3v) is 3.24. The van der Waals surface area contributed by atoms with Gasteiger partial charge in [0.2, 0.25) is 0 Å². The zero-order valence-electron chi connectivity index (χ0n) is 9.80. The topological polar surface area (TPSA) is 70.1 Å². The highest BCUT2D eigenvalue weighted by Crippen LogP contribution is 2.13. The summed E-state index contributed by atoms with van der Waals surface area (Å²) in [7, 11) is 0. The first-order valence-corrected chi connectivity index (χ1v) is 6.07. The molecule has 0 aromatic rings. The summed E-state index contributed by atoms with van der Waals surface area (Å²) in [6.07, 6.45) is 2.37. The largest absolute Gasteiger partial charge is 0.479 e. The second-order valence-electron chi connectivity index (χ2n) is 4.47. The molecule has 2 aliphatic heterocycles. The van der Waals surface area contributed by atoms with Gasteiger partial charge >= 0.3 is 12.0 Å². The molecule has 0 bridgehead atoms. The lowest BCUT2D eigenvalue weighted by Gasteiger charge is -2.36. The van der Waals surface area contributed by atoms with E-state index in [2.05, 4.69) is 0 Å². The van der Waals surface area contributed by atoms with Crippen molar-refractivity contribution in [1.29, 1.82) is 0 Å². The second kappa shape index (κ2) is 5.35. The standard InChI is InChI=1S/C11H18N2O4/c14-10(15)9-8-13(6-7-17-9)11(16)12-4-2-1-3-5-12/h9H,1-8H2,(H,14,15). The van der Waals surface area contributed by atoms with E-state index in [1.165, 1.54) is 6.42 Å². The molecule has 2 fully saturated rings. The Bertz CT molecular complexity index is 302. The SMILES string of the molecule is O=C(O)C1CN(C(=O)N2CCCCC2)CCO1. The molecule has 0 aliphatic carbocycles. The molecule has 0 spiro atoms. The van der Waals surface area contributed by atoms with Crippen LogP contribution in [-0.2, 0) is 9.53 Å². The second-order valence-corrected chi connectivity index (χ2v) is 4.47. The molecule has 2 amide bonds. The Hall–Kier alpha value is -1.30. The van der Waals surface area contributed by atoms with Crippen LogP contribution in [0.5, 0.6) is 0 Å². The molecule has 0 aromatic heterocycles. The van der Waals surface area contributed by atoms with Gasteiger partial charge in [-0.1, -0.05) is 0 Å². The molecule has 6 nitrogen and oxygen atoms in total. The van der Waals surface area contributed by atoms with Crippen LogP contribution in [0.2, 0.25) is 0 Å². The van der Waals surface area contributed by atoms with Crippen LogP contribution < -0.4 is 0 Å². The van der Waals surface area contributed by atoms with Gasteiger partial charge < -0.3 is 19.6 Å². The van der Waals surface area contributed by atoms with Crippen molar-refractivity contribution in [3.8, 4) is 0 Å². The van der Waals surface area contributed by atoms with Crippen LogP contribution in [0.1, 0.15) is 19.3 Å². The molecule has 1 atom stereocenters. The number of carboxylic acid groups (broad SMARTS) is 1. The van der Waals surface area contributed by atoms with E-state index in [0.717, 1.165) is 25.9 Å². The first kappa shape index (κ1) is 12.2. The van der Waals surface area contributed by atoms with Crippen LogP contribution in [0.3, 0.4) is 0 Å². The number of hydrogen-bond donors (Lipinski definition) is 1. The van der Waals surface area contributed by atoms with E-state index < -0.39 is 12.1 Å². The third kappa shape index (κ3) is 2.88. The molecule has 1 N–H and O–H groups in total. The fourth-order valence-corrected chi connectivity index (χ4v) is 2.26. The number of rotatable bonds is 1. The van der Waals surface area contributed by atoms with Gasteiger partial charge in [-0.05, 0) is 19.3 Å². The average Bonchev–Trinajstić information content (AvgIpc) is 2.39. The van der Waals surface area contributed by atoms with Gasteiger partial charge in [0.05, 0.1) is 13.2 Å². The summed E-state index contributed by atoms with van der Waals surface area (Å²) in [5, 5.41) is 8.87. The number of carbonyl (C=O) groups is 2. The first-order chi connectivity index (χ1) is 8.18. The Kier molecular flexibility index (Phi) is 3.83. The lowest BCUT2D eigenvalue weighted by Crippen LogP contribution is -2.53. The minimum atomic E-state index is -0.999. The lowest BCUT2D eigenvalue weighted by atomic mass is 10.1. The molecule has 2 heterocycles. The van der Waals surface area contributed by atoms with Crippen molar-refractivity contribution in [2.45, 2.75) is 25.4 Å². The highest BCUT2D eigenvalue weighted by atomic mass is 16.5. The summed E-state index contributed by atoms with van der Waals surface area (Å²) >= 11 is 0. The van der Waals surface area contributed by atoms with Gasteiger partial charge in [-0.3, -0.25) is 0 Å². The van der Waals surface area contributed by atoms with Gasteiger partial charge in [0, 0.05) is 19.6 Å². The van der Waals surface area contributed by atoms with Crippen molar-refractivity contribution in [1.82, 2.24) is 9.80 Å². The highest BCUT2D eigenvalue weighted by Gasteiger charge is 2.31. The van der Waals surface area contributed by atoms with Gasteiger partial charge in [-0.15, -0.1) is 0 Å². The predicted octanol–water partition coefficient (Wildman–Crippen LogP) is 0.378. The highest BCUT2D eigenvalue weighted by molar-refractivity contribution is 5.77. The van der Waals surface area contributed by atoms with Crippen LogP contribution in [0, 0.1) is 0 Å². The van der Waals surface area contributed by atoms with E-state index in [9.17, 15) is 9.59 Å². The molecular weight excluding hydrogens is 224 g/mol. The van der Waals surface area contributed by atoms with Gasteiger partial charge in [0.15, 0.2) is 6.10 Å². The Morgan fingerprint density at radius 3 is 2.41 bits per heavy atom. The Morgan fingerprint density at radius 2 is 1.76 bits per heavy atom. The number of carboxylic acids is 1. The molecule has 0 radical (unpaired) electrons. The van der Waals surface area contributed by atoms with E-state index in [0.29, 0.717) is 13.2 Å². The number of aliphatic carboxylic acids is 1. The number of urea groups is 1. The zero-order chi connectivity index (χ0) is 12.3. The minimum absolute atomic E-state index is 0.0424. The van der Waals surface area contributed by atoms with Crippen LogP contribution in [-0.4, -0.2) is 65.8 Å². The Morgan fingerprint density at radius 1 is 1.06 bits per heavy atom. The summed E-state index contributed by atoms with van der Waals surface area (Å²) in [5.74, 6) is -0.999. The molecule has 6 heteroatoms. The van der Waals surface area contributed by atoms with Gasteiger partial charge in [0.1, 0.15) is 0 Å². The fourth-order valence-electron chi connectivity index (χ4n) is 2.26. The number of morpholine rings is 1. The van der Waals surface area contributed by atoms with E-state index in [1.54, 1.807) is 4.90 Å². The smallest absolute Gasteiger partial charge is 0.334 e. The maximum atomic E-state index is 12.1. The third-order valence-electron chi connectivity index (χ3n) is 3.24. The first-order valence-electron chi connectivity index (χ1n) is 6.07. The van der Waals surface area contributed by atoms with Crippen molar-refractivity contribution in [2.75, 3.05) is 32.8 Å². The van der Waals surface area contributed by atoms with Crippen molar-refractivity contribution < 1.29 is 19.4 Å². The van der Waals surface area contributed by atoms with Gasteiger partial charge in [-0.2, -0.15) is 0 Å². The number of amides is 2. The molecule has 2 rings (SSSR count). The predicted molar refractivity (Wildman–Crippen MR) is 59.8 cm³/mol. The van der Waals surface area contributed by atoms with Crippen molar-refractivity contribution in [2.24, 2.45) is 0 Å². The Labute approximate surface area is 100 Å². The molecule has 17 heavy (non-hydrogen) atoms. The molecule has 0 aromatic carbocycles. The Balaban J connectivity index is 1.91. The van der Waals surface area contributed by atoms with Gasteiger partial charge in [0.25, 0.3) is 0 Å². The average molecular weight is 242 g/mol. The van der Waals surface area contributed by atoms with Crippen LogP contribution in [0.4, 0.5) is 4.79 Å². The summed E-state index contributed by atoms with van der Waals surface area (Å²) in [6, 6.07) is -0.0424. The minimum Gasteiger partial charge on any atom is -0.479 e. The van der Waals surface area contributed by atoms with Crippen molar-refractivity contribution in [3.05, 3.63) is 0 Å². The van der Waals surface area contributed by atoms with Crippen molar-refractivity contribution in [3.63, 3.8) is 0 Å². The van der Waals surface area contributed by atoms with E-state index in [4.69, 9.17) is 9.84 Å². The summed E-state index contributed by atoms with van der Waals surface area (Å²) < 4.78 is 5.10. The van der Waals surface area contributed by atoms with E-state index in [-0.39, 0.29) is 12.6 Å². The number of ether oxygens (including phenoxy) is 1. The van der Waals surface area contributed by atoms with Crippen LogP contribution in [0.25, 0.3) is 0 Å². The molecule has 96 valence electrons. The molecule has 2 aliphatic rings. The number of piperidine rings is 1. The number of likely N-dealkylation sites (tertiary alicyclic amines) is 1. The maximum absolute atomic E-state index is 12.1. The molecule has 1 unspecified atom stereocenters. The van der Waals surface area contributed by atoms with Crippen LogP contribution in [0.15, 0.2) is 0 Å². The quantitative estimate of drug-likeness (QED) is 0.721. The monoisotopic (exact) mass is 242 g/mol. The van der Waals surface area contributed by atoms with E-state index in [1.807, 2.05) is 4.90 Å². The number of hydrogen-bond acceptors (Lipinski definition) is 3. The molecule has 0 saturated carbocycles. The number of nitrogens with zero attached hydrogens (tertiary/aromatic N) is 2. The van der Waals surface area contributed by atoms with E-state index >= 15 is 0 Å². The zero-order valence-corrected chi connectivity index (χ0v) is 9.80. The maximum Gasteiger partial charge on any atom is 0.334 e. The van der Waals surface area contributed by atoms with Gasteiger partial charge in [-0.25, -0.2) is 9.59 Å². The summed E-state index contributed by atoms with van der Waals surface area (Å²) in [5.41, 5.74) is 0.